The van der Waals surface area contributed by atoms with Crippen LogP contribution in [0.3, 0.4) is 0 Å². The van der Waals surface area contributed by atoms with Crippen molar-refractivity contribution < 1.29 is 14.4 Å². The van der Waals surface area contributed by atoms with Gasteiger partial charge in [-0.1, -0.05) is 11.2 Å². The molecule has 6 nitrogen and oxygen atoms in total. The number of aromatic nitrogens is 3. The molecule has 6 heteroatoms. The zero-order valence-electron chi connectivity index (χ0n) is 10.1. The molecule has 0 fully saturated rings. The summed E-state index contributed by atoms with van der Waals surface area (Å²) in [6.45, 7) is 0.250. The molecule has 0 radical (unpaired) electrons. The van der Waals surface area contributed by atoms with Gasteiger partial charge in [0.25, 0.3) is 0 Å². The molecular weight excluding hydrogens is 234 g/mol. The fourth-order valence-electron chi connectivity index (χ4n) is 1.58. The third-order valence-electron chi connectivity index (χ3n) is 2.36. The van der Waals surface area contributed by atoms with E-state index in [0.29, 0.717) is 24.6 Å². The van der Waals surface area contributed by atoms with E-state index in [1.165, 1.54) is 7.11 Å². The molecular formula is C12H15N3O3. The highest BCUT2D eigenvalue weighted by atomic mass is 16.5. The second-order valence-corrected chi connectivity index (χ2v) is 3.96. The van der Waals surface area contributed by atoms with Crippen molar-refractivity contribution in [1.82, 2.24) is 15.1 Å². The maximum absolute atomic E-state index is 9.54. The molecule has 0 aliphatic carbocycles. The quantitative estimate of drug-likeness (QED) is 0.807. The molecule has 2 aromatic rings. The smallest absolute Gasteiger partial charge is 0.229 e. The number of ether oxygens (including phenoxy) is 1. The lowest BCUT2D eigenvalue weighted by molar-refractivity contribution is 0.0599. The molecule has 2 heterocycles. The molecule has 0 spiro atoms. The number of nitrogens with zero attached hydrogens (tertiary/aromatic N) is 3. The van der Waals surface area contributed by atoms with Crippen molar-refractivity contribution in [3.8, 4) is 0 Å². The van der Waals surface area contributed by atoms with Gasteiger partial charge in [0.2, 0.25) is 5.89 Å². The van der Waals surface area contributed by atoms with Crippen molar-refractivity contribution in [2.45, 2.75) is 18.9 Å². The first kappa shape index (κ1) is 12.7. The Kier molecular flexibility index (Phi) is 4.38. The topological polar surface area (TPSA) is 81.3 Å². The summed E-state index contributed by atoms with van der Waals surface area (Å²) in [6, 6.07) is 3.81. The predicted molar refractivity (Wildman–Crippen MR) is 62.9 cm³/mol. The highest BCUT2D eigenvalue weighted by molar-refractivity contribution is 5.13. The van der Waals surface area contributed by atoms with Crippen molar-refractivity contribution in [1.29, 1.82) is 0 Å². The highest BCUT2D eigenvalue weighted by Gasteiger charge is 2.12. The van der Waals surface area contributed by atoms with Gasteiger partial charge in [-0.15, -0.1) is 0 Å². The van der Waals surface area contributed by atoms with Crippen LogP contribution in [0.15, 0.2) is 29.0 Å². The van der Waals surface area contributed by atoms with Crippen LogP contribution in [0.1, 0.15) is 17.3 Å². The van der Waals surface area contributed by atoms with E-state index in [-0.39, 0.29) is 6.61 Å². The average Bonchev–Trinajstić information content (AvgIpc) is 2.78. The Morgan fingerprint density at radius 1 is 1.50 bits per heavy atom. The molecule has 0 aliphatic heterocycles. The van der Waals surface area contributed by atoms with E-state index < -0.39 is 6.10 Å². The monoisotopic (exact) mass is 249 g/mol. The summed E-state index contributed by atoms with van der Waals surface area (Å²) in [7, 11) is 1.53. The Morgan fingerprint density at radius 2 is 2.39 bits per heavy atom. The number of rotatable bonds is 6. The summed E-state index contributed by atoms with van der Waals surface area (Å²) >= 11 is 0. The molecule has 1 unspecified atom stereocenters. The van der Waals surface area contributed by atoms with Crippen molar-refractivity contribution in [2.24, 2.45) is 0 Å². The molecule has 1 atom stereocenters. The third-order valence-corrected chi connectivity index (χ3v) is 2.36. The summed E-state index contributed by atoms with van der Waals surface area (Å²) < 4.78 is 9.89. The number of hydrogen-bond donors (Lipinski definition) is 1. The van der Waals surface area contributed by atoms with Gasteiger partial charge in [0.05, 0.1) is 19.1 Å². The van der Waals surface area contributed by atoms with Gasteiger partial charge in [-0.2, -0.15) is 4.98 Å². The van der Waals surface area contributed by atoms with Crippen LogP contribution >= 0.6 is 0 Å². The number of aliphatic hydroxyl groups is 1. The lowest BCUT2D eigenvalue weighted by Gasteiger charge is -2.04. The minimum absolute atomic E-state index is 0.250. The van der Waals surface area contributed by atoms with Crippen molar-refractivity contribution >= 4 is 0 Å². The van der Waals surface area contributed by atoms with Crippen LogP contribution in [0.4, 0.5) is 0 Å². The van der Waals surface area contributed by atoms with E-state index in [4.69, 9.17) is 9.26 Å². The molecule has 0 amide bonds. The predicted octanol–water partition coefficient (Wildman–Crippen LogP) is 0.605. The van der Waals surface area contributed by atoms with E-state index in [2.05, 4.69) is 15.1 Å². The van der Waals surface area contributed by atoms with Gasteiger partial charge >= 0.3 is 0 Å². The fourth-order valence-corrected chi connectivity index (χ4v) is 1.58. The lowest BCUT2D eigenvalue weighted by atomic mass is 10.2. The normalized spacial score (nSPS) is 12.6. The van der Waals surface area contributed by atoms with E-state index in [1.807, 2.05) is 12.1 Å². The van der Waals surface area contributed by atoms with Crippen LogP contribution in [0.2, 0.25) is 0 Å². The maximum atomic E-state index is 9.54. The minimum Gasteiger partial charge on any atom is -0.390 e. The van der Waals surface area contributed by atoms with Crippen LogP contribution in [0.5, 0.6) is 0 Å². The van der Waals surface area contributed by atoms with Crippen LogP contribution in [-0.4, -0.2) is 40.1 Å². The molecule has 96 valence electrons. The third kappa shape index (κ3) is 3.61. The zero-order chi connectivity index (χ0) is 12.8. The zero-order valence-corrected chi connectivity index (χ0v) is 10.1. The molecule has 0 bridgehead atoms. The first-order valence-corrected chi connectivity index (χ1v) is 5.65. The molecule has 0 saturated heterocycles. The molecule has 18 heavy (non-hydrogen) atoms. The van der Waals surface area contributed by atoms with E-state index >= 15 is 0 Å². The van der Waals surface area contributed by atoms with Crippen molar-refractivity contribution in [2.75, 3.05) is 13.7 Å². The van der Waals surface area contributed by atoms with Gasteiger partial charge < -0.3 is 14.4 Å². The van der Waals surface area contributed by atoms with Gasteiger partial charge in [0.1, 0.15) is 0 Å². The molecule has 1 N–H and O–H groups in total. The van der Waals surface area contributed by atoms with Gasteiger partial charge in [0, 0.05) is 25.9 Å². The molecule has 0 aliphatic rings. The molecule has 2 aromatic heterocycles. The van der Waals surface area contributed by atoms with Crippen molar-refractivity contribution in [3.05, 3.63) is 41.8 Å². The SMILES string of the molecule is COCC(O)Cc1nc(Cc2cccnc2)no1. The van der Waals surface area contributed by atoms with Crippen LogP contribution < -0.4 is 0 Å². The number of hydrogen-bond acceptors (Lipinski definition) is 6. The standard InChI is InChI=1S/C12H15N3O3/c1-17-8-10(16)6-12-14-11(15-18-12)5-9-3-2-4-13-7-9/h2-4,7,10,16H,5-6,8H2,1H3. The second-order valence-electron chi connectivity index (χ2n) is 3.96. The summed E-state index contributed by atoms with van der Waals surface area (Å²) in [5.74, 6) is 1.00. The number of pyridine rings is 1. The first-order chi connectivity index (χ1) is 8.78. The maximum Gasteiger partial charge on any atom is 0.229 e. The summed E-state index contributed by atoms with van der Waals surface area (Å²) in [5.41, 5.74) is 1.02. The minimum atomic E-state index is -0.623. The average molecular weight is 249 g/mol. The highest BCUT2D eigenvalue weighted by Crippen LogP contribution is 2.07. The first-order valence-electron chi connectivity index (χ1n) is 5.65. The lowest BCUT2D eigenvalue weighted by Crippen LogP contribution is -2.17. The van der Waals surface area contributed by atoms with Gasteiger partial charge in [-0.3, -0.25) is 4.98 Å². The Bertz CT molecular complexity index is 472. The van der Waals surface area contributed by atoms with Gasteiger partial charge in [0.15, 0.2) is 5.82 Å². The van der Waals surface area contributed by atoms with Gasteiger partial charge in [-0.25, -0.2) is 0 Å². The fraction of sp³-hybridized carbons (Fsp3) is 0.417. The largest absolute Gasteiger partial charge is 0.390 e. The second kappa shape index (κ2) is 6.23. The van der Waals surface area contributed by atoms with E-state index in [9.17, 15) is 5.11 Å². The van der Waals surface area contributed by atoms with Gasteiger partial charge in [-0.05, 0) is 11.6 Å². The molecule has 0 aromatic carbocycles. The summed E-state index contributed by atoms with van der Waals surface area (Å²) in [6.07, 6.45) is 3.72. The Labute approximate surface area is 105 Å². The Hall–Kier alpha value is -1.79. The number of aliphatic hydroxyl groups excluding tert-OH is 1. The van der Waals surface area contributed by atoms with Crippen LogP contribution in [0.25, 0.3) is 0 Å². The van der Waals surface area contributed by atoms with Crippen LogP contribution in [-0.2, 0) is 17.6 Å². The van der Waals surface area contributed by atoms with Crippen molar-refractivity contribution in [3.63, 3.8) is 0 Å². The Balaban J connectivity index is 1.94. The van der Waals surface area contributed by atoms with E-state index in [1.54, 1.807) is 12.4 Å². The molecule has 2 rings (SSSR count). The summed E-state index contributed by atoms with van der Waals surface area (Å²) in [5, 5.41) is 13.4. The van der Waals surface area contributed by atoms with E-state index in [0.717, 1.165) is 5.56 Å². The Morgan fingerprint density at radius 3 is 3.11 bits per heavy atom. The summed E-state index contributed by atoms with van der Waals surface area (Å²) in [4.78, 5) is 8.22. The number of methoxy groups -OCH3 is 1. The molecule has 0 saturated carbocycles. The van der Waals surface area contributed by atoms with Crippen LogP contribution in [0, 0.1) is 0 Å².